The van der Waals surface area contributed by atoms with E-state index in [1.807, 2.05) is 0 Å². The number of halogens is 2. The summed E-state index contributed by atoms with van der Waals surface area (Å²) in [5.74, 6) is -0.347. The fourth-order valence-electron chi connectivity index (χ4n) is 2.12. The summed E-state index contributed by atoms with van der Waals surface area (Å²) >= 11 is 3.11. The van der Waals surface area contributed by atoms with Crippen LogP contribution in [-0.4, -0.2) is 26.1 Å². The number of benzene rings is 2. The van der Waals surface area contributed by atoms with E-state index in [1.165, 1.54) is 18.2 Å². The summed E-state index contributed by atoms with van der Waals surface area (Å²) in [6, 6.07) is 8.52. The number of nitrogens with zero attached hydrogens (tertiary/aromatic N) is 1. The van der Waals surface area contributed by atoms with Crippen LogP contribution in [0.15, 0.2) is 45.8 Å². The molecule has 2 aromatic rings. The highest BCUT2D eigenvalue weighted by Crippen LogP contribution is 2.27. The number of nitrogens with one attached hydrogen (secondary N) is 1. The smallest absolute Gasteiger partial charge is 0.288 e. The molecule has 0 heterocycles. The Bertz CT molecular complexity index is 887. The zero-order chi connectivity index (χ0) is 17.9. The second-order valence-electron chi connectivity index (χ2n) is 5.14. The average molecular weight is 417 g/mol. The number of anilines is 1. The average Bonchev–Trinajstić information content (AvgIpc) is 2.49. The Hall–Kier alpha value is -2.00. The van der Waals surface area contributed by atoms with Crippen molar-refractivity contribution in [3.8, 4) is 0 Å². The third-order valence-corrected chi connectivity index (χ3v) is 5.02. The number of rotatable bonds is 6. The van der Waals surface area contributed by atoms with E-state index in [9.17, 15) is 22.9 Å². The van der Waals surface area contributed by atoms with Crippen molar-refractivity contribution < 1.29 is 17.7 Å². The molecule has 1 N–H and O–H groups in total. The molecule has 0 aliphatic carbocycles. The Labute approximate surface area is 146 Å². The zero-order valence-electron chi connectivity index (χ0n) is 12.6. The highest BCUT2D eigenvalue weighted by Gasteiger charge is 2.22. The molecule has 0 unspecified atom stereocenters. The van der Waals surface area contributed by atoms with E-state index in [2.05, 4.69) is 21.2 Å². The van der Waals surface area contributed by atoms with Crippen LogP contribution in [0.4, 0.5) is 15.8 Å². The van der Waals surface area contributed by atoms with Crippen molar-refractivity contribution >= 4 is 37.1 Å². The van der Waals surface area contributed by atoms with Crippen LogP contribution in [0.25, 0.3) is 0 Å². The molecule has 0 radical (unpaired) electrons. The maximum Gasteiger partial charge on any atom is 0.288 e. The van der Waals surface area contributed by atoms with Crippen LogP contribution in [0.5, 0.6) is 0 Å². The molecule has 0 saturated carbocycles. The van der Waals surface area contributed by atoms with Crippen molar-refractivity contribution in [3.05, 3.63) is 62.4 Å². The van der Waals surface area contributed by atoms with Crippen LogP contribution in [-0.2, 0) is 16.3 Å². The van der Waals surface area contributed by atoms with Gasteiger partial charge >= 0.3 is 0 Å². The molecule has 24 heavy (non-hydrogen) atoms. The van der Waals surface area contributed by atoms with E-state index in [1.54, 1.807) is 12.1 Å². The Kier molecular flexibility index (Phi) is 5.55. The minimum Gasteiger partial charge on any atom is -0.385 e. The lowest BCUT2D eigenvalue weighted by Gasteiger charge is -2.09. The molecule has 9 heteroatoms. The Morgan fingerprint density at radius 2 is 1.96 bits per heavy atom. The topological polar surface area (TPSA) is 89.3 Å². The van der Waals surface area contributed by atoms with Gasteiger partial charge in [-0.3, -0.25) is 10.1 Å². The van der Waals surface area contributed by atoms with Gasteiger partial charge in [0.05, 0.1) is 9.40 Å². The Morgan fingerprint density at radius 3 is 2.54 bits per heavy atom. The monoisotopic (exact) mass is 416 g/mol. The van der Waals surface area contributed by atoms with Crippen molar-refractivity contribution in [1.29, 1.82) is 0 Å². The molecule has 0 aliphatic heterocycles. The van der Waals surface area contributed by atoms with Gasteiger partial charge in [0.2, 0.25) is 0 Å². The largest absolute Gasteiger partial charge is 0.385 e. The summed E-state index contributed by atoms with van der Waals surface area (Å²) in [7, 11) is -3.72. The summed E-state index contributed by atoms with van der Waals surface area (Å²) in [4.78, 5) is 9.87. The Morgan fingerprint density at radius 1 is 1.25 bits per heavy atom. The van der Waals surface area contributed by atoms with Crippen LogP contribution in [0.1, 0.15) is 5.56 Å². The summed E-state index contributed by atoms with van der Waals surface area (Å²) in [5.41, 5.74) is 0.897. The van der Waals surface area contributed by atoms with Gasteiger partial charge in [0.1, 0.15) is 10.7 Å². The highest BCUT2D eigenvalue weighted by molar-refractivity contribution is 9.10. The van der Waals surface area contributed by atoms with E-state index in [0.29, 0.717) is 23.1 Å². The number of hydrogen-bond acceptors (Lipinski definition) is 5. The standard InChI is InChI=1S/C15H14BrFN2O4S/c1-24(22,23)15-9-11(3-5-14(15)19(20)21)18-7-6-10-2-4-13(17)12(16)8-10/h2-5,8-9,18H,6-7H2,1H3. The van der Waals surface area contributed by atoms with Crippen molar-refractivity contribution in [2.45, 2.75) is 11.3 Å². The Balaban J connectivity index is 2.13. The highest BCUT2D eigenvalue weighted by atomic mass is 79.9. The zero-order valence-corrected chi connectivity index (χ0v) is 15.0. The second-order valence-corrected chi connectivity index (χ2v) is 7.98. The fourth-order valence-corrected chi connectivity index (χ4v) is 3.41. The lowest BCUT2D eigenvalue weighted by atomic mass is 10.1. The third-order valence-electron chi connectivity index (χ3n) is 3.28. The molecule has 2 rings (SSSR count). The molecular weight excluding hydrogens is 403 g/mol. The molecule has 6 nitrogen and oxygen atoms in total. The van der Waals surface area contributed by atoms with Gasteiger partial charge in [0.25, 0.3) is 5.69 Å². The molecule has 128 valence electrons. The van der Waals surface area contributed by atoms with Gasteiger partial charge < -0.3 is 5.32 Å². The quantitative estimate of drug-likeness (QED) is 0.574. The first kappa shape index (κ1) is 18.3. The maximum absolute atomic E-state index is 13.2. The van der Waals surface area contributed by atoms with Crippen molar-refractivity contribution in [2.24, 2.45) is 0 Å². The minimum atomic E-state index is -3.72. The van der Waals surface area contributed by atoms with Crippen molar-refractivity contribution in [2.75, 3.05) is 18.1 Å². The van der Waals surface area contributed by atoms with E-state index < -0.39 is 20.4 Å². The van der Waals surface area contributed by atoms with Crippen molar-refractivity contribution in [1.82, 2.24) is 0 Å². The molecule has 2 aromatic carbocycles. The first-order valence-corrected chi connectivity index (χ1v) is 9.53. The molecule has 0 amide bonds. The van der Waals surface area contributed by atoms with Gasteiger partial charge in [-0.15, -0.1) is 0 Å². The number of sulfone groups is 1. The molecule has 0 fully saturated rings. The van der Waals surface area contributed by atoms with Crippen LogP contribution in [0.2, 0.25) is 0 Å². The second kappa shape index (κ2) is 7.27. The van der Waals surface area contributed by atoms with Crippen LogP contribution in [0, 0.1) is 15.9 Å². The van der Waals surface area contributed by atoms with E-state index in [0.717, 1.165) is 17.9 Å². The van der Waals surface area contributed by atoms with Gasteiger partial charge in [-0.25, -0.2) is 12.8 Å². The maximum atomic E-state index is 13.2. The predicted octanol–water partition coefficient (Wildman–Crippen LogP) is 3.55. The molecule has 0 aliphatic rings. The SMILES string of the molecule is CS(=O)(=O)c1cc(NCCc2ccc(F)c(Br)c2)ccc1[N+](=O)[O-]. The molecule has 0 atom stereocenters. The molecule has 0 aromatic heterocycles. The normalized spacial score (nSPS) is 11.3. The van der Waals surface area contributed by atoms with Gasteiger partial charge in [-0.1, -0.05) is 6.07 Å². The summed E-state index contributed by atoms with van der Waals surface area (Å²) in [5, 5.41) is 13.9. The van der Waals surface area contributed by atoms with Crippen LogP contribution in [0.3, 0.4) is 0 Å². The van der Waals surface area contributed by atoms with Crippen molar-refractivity contribution in [3.63, 3.8) is 0 Å². The molecule has 0 bridgehead atoms. The fraction of sp³-hybridized carbons (Fsp3) is 0.200. The predicted molar refractivity (Wildman–Crippen MR) is 92.5 cm³/mol. The van der Waals surface area contributed by atoms with E-state index in [-0.39, 0.29) is 10.7 Å². The number of nitro groups is 1. The van der Waals surface area contributed by atoms with Crippen LogP contribution < -0.4 is 5.32 Å². The van der Waals surface area contributed by atoms with Crippen LogP contribution >= 0.6 is 15.9 Å². The summed E-state index contributed by atoms with van der Waals surface area (Å²) in [6.07, 6.45) is 1.50. The van der Waals surface area contributed by atoms with E-state index in [4.69, 9.17) is 0 Å². The number of nitro benzene ring substituents is 1. The summed E-state index contributed by atoms with van der Waals surface area (Å²) < 4.78 is 36.9. The van der Waals surface area contributed by atoms with Gasteiger partial charge in [0, 0.05) is 24.6 Å². The van der Waals surface area contributed by atoms with Gasteiger partial charge in [-0.05, 0) is 52.2 Å². The lowest BCUT2D eigenvalue weighted by molar-refractivity contribution is -0.387. The van der Waals surface area contributed by atoms with E-state index >= 15 is 0 Å². The lowest BCUT2D eigenvalue weighted by Crippen LogP contribution is -2.08. The first-order valence-electron chi connectivity index (χ1n) is 6.85. The minimum absolute atomic E-state index is 0.331. The molecule has 0 spiro atoms. The van der Waals surface area contributed by atoms with Gasteiger partial charge in [0.15, 0.2) is 9.84 Å². The summed E-state index contributed by atoms with van der Waals surface area (Å²) in [6.45, 7) is 0.457. The molecular formula is C15H14BrFN2O4S. The van der Waals surface area contributed by atoms with Gasteiger partial charge in [-0.2, -0.15) is 0 Å². The first-order chi connectivity index (χ1) is 11.2. The number of hydrogen-bond donors (Lipinski definition) is 1. The molecule has 0 saturated heterocycles. The third kappa shape index (κ3) is 4.51.